The highest BCUT2D eigenvalue weighted by Gasteiger charge is 2.04. The van der Waals surface area contributed by atoms with Gasteiger partial charge in [-0.2, -0.15) is 0 Å². The van der Waals surface area contributed by atoms with Gasteiger partial charge in [0.1, 0.15) is 0 Å². The predicted molar refractivity (Wildman–Crippen MR) is 82.1 cm³/mol. The third kappa shape index (κ3) is 3.16. The Bertz CT molecular complexity index is 566. The summed E-state index contributed by atoms with van der Waals surface area (Å²) in [5.74, 6) is 0. The molecule has 0 atom stereocenters. The van der Waals surface area contributed by atoms with Crippen LogP contribution in [0.15, 0.2) is 50.7 Å². The van der Waals surface area contributed by atoms with Crippen molar-refractivity contribution in [3.63, 3.8) is 0 Å². The molecule has 2 rings (SSSR count). The van der Waals surface area contributed by atoms with Crippen LogP contribution in [0.25, 0.3) is 0 Å². The maximum absolute atomic E-state index is 5.66. The van der Waals surface area contributed by atoms with Crippen LogP contribution in [0.1, 0.15) is 16.7 Å². The van der Waals surface area contributed by atoms with Crippen molar-refractivity contribution in [1.29, 1.82) is 0 Å². The van der Waals surface area contributed by atoms with E-state index in [0.717, 1.165) is 10.0 Å². The fourth-order valence-corrected chi connectivity index (χ4v) is 3.43. The van der Waals surface area contributed by atoms with E-state index in [1.54, 1.807) is 11.8 Å². The molecule has 0 aliphatic carbocycles. The second kappa shape index (κ2) is 5.91. The minimum Gasteiger partial charge on any atom is -0.326 e. The Hall–Kier alpha value is -0.770. The summed E-state index contributed by atoms with van der Waals surface area (Å²) in [6, 6.07) is 12.9. The van der Waals surface area contributed by atoms with E-state index in [1.165, 1.54) is 20.9 Å². The number of hydrogen-bond acceptors (Lipinski definition) is 2. The van der Waals surface area contributed by atoms with Crippen molar-refractivity contribution in [3.8, 4) is 0 Å². The van der Waals surface area contributed by atoms with Gasteiger partial charge in [-0.15, -0.1) is 0 Å². The van der Waals surface area contributed by atoms with Gasteiger partial charge in [-0.05, 0) is 48.7 Å². The van der Waals surface area contributed by atoms with Crippen LogP contribution >= 0.6 is 27.7 Å². The fourth-order valence-electron chi connectivity index (χ4n) is 1.70. The normalized spacial score (nSPS) is 10.7. The number of rotatable bonds is 3. The van der Waals surface area contributed by atoms with Gasteiger partial charge in [0.2, 0.25) is 0 Å². The van der Waals surface area contributed by atoms with Crippen molar-refractivity contribution < 1.29 is 0 Å². The number of nitrogens with two attached hydrogens (primary N) is 1. The summed E-state index contributed by atoms with van der Waals surface area (Å²) in [5, 5.41) is 0. The van der Waals surface area contributed by atoms with Crippen LogP contribution in [-0.2, 0) is 6.54 Å². The van der Waals surface area contributed by atoms with Gasteiger partial charge in [-0.1, -0.05) is 45.9 Å². The minimum absolute atomic E-state index is 0.564. The highest BCUT2D eigenvalue weighted by atomic mass is 79.9. The lowest BCUT2D eigenvalue weighted by molar-refractivity contribution is 1.05. The summed E-state index contributed by atoms with van der Waals surface area (Å²) < 4.78 is 1.08. The summed E-state index contributed by atoms with van der Waals surface area (Å²) in [5.41, 5.74) is 9.40. The van der Waals surface area contributed by atoms with Crippen LogP contribution in [0, 0.1) is 13.8 Å². The molecule has 0 saturated heterocycles. The molecule has 0 aromatic heterocycles. The molecule has 2 aromatic carbocycles. The van der Waals surface area contributed by atoms with E-state index in [1.807, 2.05) is 0 Å². The number of halogens is 1. The first-order chi connectivity index (χ1) is 8.60. The topological polar surface area (TPSA) is 26.0 Å². The Balaban J connectivity index is 2.28. The molecule has 0 saturated carbocycles. The third-order valence-corrected chi connectivity index (χ3v) is 4.70. The first-order valence-corrected chi connectivity index (χ1v) is 7.44. The lowest BCUT2D eigenvalue weighted by atomic mass is 10.2. The average Bonchev–Trinajstić information content (AvgIpc) is 2.34. The average molecular weight is 322 g/mol. The number of hydrogen-bond donors (Lipinski definition) is 1. The highest BCUT2D eigenvalue weighted by Crippen LogP contribution is 2.33. The molecule has 0 heterocycles. The van der Waals surface area contributed by atoms with Gasteiger partial charge < -0.3 is 5.73 Å². The van der Waals surface area contributed by atoms with Crippen LogP contribution in [0.2, 0.25) is 0 Å². The van der Waals surface area contributed by atoms with Crippen LogP contribution in [-0.4, -0.2) is 0 Å². The zero-order valence-corrected chi connectivity index (χ0v) is 12.9. The standard InChI is InChI=1S/C15H16BrNS/c1-10-3-4-11(2)15(7-10)18-13-6-5-12(9-17)14(16)8-13/h3-8H,9,17H2,1-2H3. The molecule has 2 aromatic rings. The third-order valence-electron chi connectivity index (χ3n) is 2.82. The minimum atomic E-state index is 0.564. The van der Waals surface area contributed by atoms with Gasteiger partial charge in [-0.25, -0.2) is 0 Å². The van der Waals surface area contributed by atoms with E-state index in [2.05, 4.69) is 66.2 Å². The van der Waals surface area contributed by atoms with Crippen molar-refractivity contribution in [2.45, 2.75) is 30.2 Å². The van der Waals surface area contributed by atoms with Crippen molar-refractivity contribution in [2.24, 2.45) is 5.73 Å². The first-order valence-electron chi connectivity index (χ1n) is 5.84. The molecule has 0 aliphatic rings. The highest BCUT2D eigenvalue weighted by molar-refractivity contribution is 9.10. The summed E-state index contributed by atoms with van der Waals surface area (Å²) in [7, 11) is 0. The van der Waals surface area contributed by atoms with Crippen LogP contribution < -0.4 is 5.73 Å². The molecule has 94 valence electrons. The van der Waals surface area contributed by atoms with E-state index in [4.69, 9.17) is 5.73 Å². The van der Waals surface area contributed by atoms with Gasteiger partial charge in [0.05, 0.1) is 0 Å². The molecule has 3 heteroatoms. The SMILES string of the molecule is Cc1ccc(C)c(Sc2ccc(CN)c(Br)c2)c1. The van der Waals surface area contributed by atoms with Crippen molar-refractivity contribution in [1.82, 2.24) is 0 Å². The lowest BCUT2D eigenvalue weighted by Crippen LogP contribution is -1.96. The Kier molecular flexibility index (Phi) is 4.49. The van der Waals surface area contributed by atoms with E-state index < -0.39 is 0 Å². The molecule has 2 N–H and O–H groups in total. The molecular weight excluding hydrogens is 306 g/mol. The molecule has 0 fully saturated rings. The fraction of sp³-hybridized carbons (Fsp3) is 0.200. The van der Waals surface area contributed by atoms with Crippen LogP contribution in [0.4, 0.5) is 0 Å². The van der Waals surface area contributed by atoms with E-state index in [-0.39, 0.29) is 0 Å². The molecule has 0 unspecified atom stereocenters. The smallest absolute Gasteiger partial charge is 0.0231 e. The molecule has 0 amide bonds. The van der Waals surface area contributed by atoms with E-state index in [0.29, 0.717) is 6.54 Å². The van der Waals surface area contributed by atoms with Crippen molar-refractivity contribution in [2.75, 3.05) is 0 Å². The van der Waals surface area contributed by atoms with Crippen molar-refractivity contribution >= 4 is 27.7 Å². The zero-order chi connectivity index (χ0) is 13.1. The number of benzene rings is 2. The molecular formula is C15H16BrNS. The van der Waals surface area contributed by atoms with Gasteiger partial charge in [0.15, 0.2) is 0 Å². The Labute approximate surface area is 121 Å². The molecule has 0 spiro atoms. The Morgan fingerprint density at radius 1 is 1.11 bits per heavy atom. The van der Waals surface area contributed by atoms with Gasteiger partial charge in [0, 0.05) is 20.8 Å². The second-order valence-electron chi connectivity index (χ2n) is 4.33. The second-order valence-corrected chi connectivity index (χ2v) is 6.30. The first kappa shape index (κ1) is 13.7. The van der Waals surface area contributed by atoms with E-state index in [9.17, 15) is 0 Å². The van der Waals surface area contributed by atoms with Crippen molar-refractivity contribution in [3.05, 3.63) is 57.6 Å². The molecule has 1 nitrogen and oxygen atoms in total. The molecule has 0 radical (unpaired) electrons. The summed E-state index contributed by atoms with van der Waals surface area (Å²) in [4.78, 5) is 2.54. The molecule has 0 aliphatic heterocycles. The quantitative estimate of drug-likeness (QED) is 0.888. The Morgan fingerprint density at radius 2 is 1.89 bits per heavy atom. The van der Waals surface area contributed by atoms with Crippen LogP contribution in [0.5, 0.6) is 0 Å². The number of aryl methyl sites for hydroxylation is 2. The van der Waals surface area contributed by atoms with Gasteiger partial charge in [-0.3, -0.25) is 0 Å². The van der Waals surface area contributed by atoms with Gasteiger partial charge in [0.25, 0.3) is 0 Å². The zero-order valence-electron chi connectivity index (χ0n) is 10.5. The summed E-state index contributed by atoms with van der Waals surface area (Å²) in [6.45, 7) is 4.83. The molecule has 18 heavy (non-hydrogen) atoms. The largest absolute Gasteiger partial charge is 0.326 e. The van der Waals surface area contributed by atoms with Gasteiger partial charge >= 0.3 is 0 Å². The maximum Gasteiger partial charge on any atom is 0.0231 e. The van der Waals surface area contributed by atoms with E-state index >= 15 is 0 Å². The maximum atomic E-state index is 5.66. The Morgan fingerprint density at radius 3 is 2.56 bits per heavy atom. The van der Waals surface area contributed by atoms with Crippen LogP contribution in [0.3, 0.4) is 0 Å². The summed E-state index contributed by atoms with van der Waals surface area (Å²) >= 11 is 5.35. The molecule has 0 bridgehead atoms. The predicted octanol–water partition coefficient (Wildman–Crippen LogP) is 4.68. The lowest BCUT2D eigenvalue weighted by Gasteiger charge is -2.08. The monoisotopic (exact) mass is 321 g/mol. The summed E-state index contributed by atoms with van der Waals surface area (Å²) in [6.07, 6.45) is 0.